The Balaban J connectivity index is 1.95. The molecule has 0 spiro atoms. The summed E-state index contributed by atoms with van der Waals surface area (Å²) in [6, 6.07) is 3.95. The molecule has 23 heavy (non-hydrogen) atoms. The zero-order valence-corrected chi connectivity index (χ0v) is 14.1. The Bertz CT molecular complexity index is 1020. The lowest BCUT2D eigenvalue weighted by Crippen LogP contribution is -2.23. The monoisotopic (exact) mass is 342 g/mol. The molecule has 3 aromatic heterocycles. The van der Waals surface area contributed by atoms with E-state index in [2.05, 4.69) is 27.2 Å². The minimum absolute atomic E-state index is 0.120. The average molecular weight is 342 g/mol. The maximum atomic E-state index is 12.8. The number of aliphatic imine (C=N–C) groups is 1. The summed E-state index contributed by atoms with van der Waals surface area (Å²) in [6.07, 6.45) is 7.94. The van der Waals surface area contributed by atoms with Gasteiger partial charge in [0.05, 0.1) is 26.0 Å². The molecule has 0 aliphatic heterocycles. The summed E-state index contributed by atoms with van der Waals surface area (Å²) in [7, 11) is 1.67. The van der Waals surface area contributed by atoms with Crippen LogP contribution in [-0.4, -0.2) is 28.0 Å². The minimum atomic E-state index is -0.120. The van der Waals surface area contributed by atoms with Crippen LogP contribution in [0.25, 0.3) is 27.9 Å². The molecule has 0 bridgehead atoms. The van der Waals surface area contributed by atoms with Crippen molar-refractivity contribution in [3.05, 3.63) is 43.3 Å². The quantitative estimate of drug-likeness (QED) is 0.737. The summed E-state index contributed by atoms with van der Waals surface area (Å²) < 4.78 is 2.66. The first-order chi connectivity index (χ1) is 11.3. The number of aromatic nitrogens is 3. The molecule has 1 N–H and O–H groups in total. The Kier molecular flexibility index (Phi) is 3.59. The molecule has 5 nitrogen and oxygen atoms in total. The average Bonchev–Trinajstić information content (AvgIpc) is 3.27. The van der Waals surface area contributed by atoms with Crippen molar-refractivity contribution >= 4 is 41.0 Å². The molecule has 3 heterocycles. The fourth-order valence-electron chi connectivity index (χ4n) is 2.60. The second-order valence-electron chi connectivity index (χ2n) is 5.14. The van der Waals surface area contributed by atoms with Crippen molar-refractivity contribution in [3.63, 3.8) is 0 Å². The van der Waals surface area contributed by atoms with Gasteiger partial charge in [-0.2, -0.15) is 4.68 Å². The van der Waals surface area contributed by atoms with E-state index in [9.17, 15) is 4.79 Å². The molecule has 1 aliphatic carbocycles. The topological polar surface area (TPSA) is 63.0 Å². The van der Waals surface area contributed by atoms with E-state index in [1.54, 1.807) is 24.6 Å². The number of hydrogen-bond donors (Lipinski definition) is 1. The molecule has 3 aromatic rings. The zero-order valence-electron chi connectivity index (χ0n) is 12.4. The molecule has 7 heteroatoms. The van der Waals surface area contributed by atoms with E-state index in [1.165, 1.54) is 16.0 Å². The van der Waals surface area contributed by atoms with E-state index in [4.69, 9.17) is 0 Å². The maximum Gasteiger partial charge on any atom is 0.282 e. The van der Waals surface area contributed by atoms with Crippen LogP contribution in [0.3, 0.4) is 0 Å². The first kappa shape index (κ1) is 14.3. The molecule has 0 aromatic carbocycles. The summed E-state index contributed by atoms with van der Waals surface area (Å²) in [4.78, 5) is 22.4. The first-order valence-corrected chi connectivity index (χ1v) is 8.96. The van der Waals surface area contributed by atoms with Crippen molar-refractivity contribution < 1.29 is 0 Å². The fraction of sp³-hybridized carbons (Fsp3) is 0.188. The number of nitrogens with one attached hydrogen (secondary N) is 1. The lowest BCUT2D eigenvalue weighted by molar-refractivity contribution is 0.839. The zero-order chi connectivity index (χ0) is 15.8. The van der Waals surface area contributed by atoms with Gasteiger partial charge in [-0.15, -0.1) is 11.3 Å². The predicted octanol–water partition coefficient (Wildman–Crippen LogP) is 1.75. The van der Waals surface area contributed by atoms with Crippen LogP contribution < -0.4 is 15.4 Å². The summed E-state index contributed by atoms with van der Waals surface area (Å²) in [5, 5.41) is 6.84. The van der Waals surface area contributed by atoms with E-state index in [0.29, 0.717) is 10.7 Å². The first-order valence-electron chi connectivity index (χ1n) is 7.26. The van der Waals surface area contributed by atoms with E-state index in [0.717, 1.165) is 33.3 Å². The van der Waals surface area contributed by atoms with Gasteiger partial charge in [0, 0.05) is 13.3 Å². The molecule has 0 radical (unpaired) electrons. The van der Waals surface area contributed by atoms with Crippen molar-refractivity contribution in [1.29, 1.82) is 0 Å². The molecule has 116 valence electrons. The van der Waals surface area contributed by atoms with Crippen molar-refractivity contribution in [1.82, 2.24) is 14.8 Å². The number of H-pyrrole nitrogens is 1. The highest BCUT2D eigenvalue weighted by atomic mass is 32.1. The van der Waals surface area contributed by atoms with Gasteiger partial charge in [-0.25, -0.2) is 4.98 Å². The third-order valence-electron chi connectivity index (χ3n) is 3.65. The van der Waals surface area contributed by atoms with Crippen molar-refractivity contribution in [2.75, 3.05) is 7.05 Å². The van der Waals surface area contributed by atoms with Crippen LogP contribution in [0.5, 0.6) is 0 Å². The second kappa shape index (κ2) is 5.75. The number of nitrogens with zero attached hydrogens (tertiary/aromatic N) is 3. The normalized spacial score (nSPS) is 13.8. The Morgan fingerprint density at radius 2 is 2.26 bits per heavy atom. The van der Waals surface area contributed by atoms with Gasteiger partial charge in [-0.05, 0) is 24.3 Å². The molecule has 1 aliphatic rings. The Labute approximate surface area is 140 Å². The van der Waals surface area contributed by atoms with Crippen LogP contribution in [0, 0.1) is 0 Å². The van der Waals surface area contributed by atoms with Crippen LogP contribution in [0.1, 0.15) is 18.4 Å². The number of hydrogen-bond acceptors (Lipinski definition) is 5. The van der Waals surface area contributed by atoms with Crippen molar-refractivity contribution in [3.8, 4) is 15.7 Å². The lowest BCUT2D eigenvalue weighted by Gasteiger charge is -1.95. The summed E-state index contributed by atoms with van der Waals surface area (Å²) >= 11 is 3.12. The third kappa shape index (κ3) is 2.42. The molecular formula is C16H14N4OS2. The largest absolute Gasteiger partial charge is 0.296 e. The number of thiophene rings is 1. The van der Waals surface area contributed by atoms with Gasteiger partial charge in [-0.1, -0.05) is 29.6 Å². The fourth-order valence-corrected chi connectivity index (χ4v) is 4.33. The molecule has 0 saturated carbocycles. The molecule has 0 fully saturated rings. The van der Waals surface area contributed by atoms with Crippen LogP contribution in [0.2, 0.25) is 0 Å². The molecule has 0 unspecified atom stereocenters. The Hall–Kier alpha value is -2.25. The molecule has 0 amide bonds. The molecular weight excluding hydrogens is 328 g/mol. The van der Waals surface area contributed by atoms with Crippen LogP contribution in [-0.2, 0) is 0 Å². The van der Waals surface area contributed by atoms with Gasteiger partial charge in [-0.3, -0.25) is 14.9 Å². The molecule has 4 rings (SSSR count). The number of fused-ring (bicyclic) bond motifs is 1. The smallest absolute Gasteiger partial charge is 0.282 e. The van der Waals surface area contributed by atoms with Crippen LogP contribution in [0.15, 0.2) is 27.3 Å². The van der Waals surface area contributed by atoms with Crippen molar-refractivity contribution in [2.24, 2.45) is 4.99 Å². The number of aromatic amines is 1. The van der Waals surface area contributed by atoms with Crippen LogP contribution in [0.4, 0.5) is 0 Å². The second-order valence-corrected chi connectivity index (χ2v) is 7.09. The highest BCUT2D eigenvalue weighted by Crippen LogP contribution is 2.24. The van der Waals surface area contributed by atoms with E-state index in [1.807, 2.05) is 17.5 Å². The van der Waals surface area contributed by atoms with E-state index >= 15 is 0 Å². The maximum absolute atomic E-state index is 12.8. The van der Waals surface area contributed by atoms with E-state index < -0.39 is 0 Å². The highest BCUT2D eigenvalue weighted by molar-refractivity contribution is 7.13. The SMILES string of the molecule is CN=Cc1c(-c2cccs2)[nH]n(-c2nc3c(s2)=CCCC=3)c1=O. The number of thiazole rings is 1. The summed E-state index contributed by atoms with van der Waals surface area (Å²) in [6.45, 7) is 0. The van der Waals surface area contributed by atoms with Gasteiger partial charge in [0.2, 0.25) is 5.13 Å². The standard InChI is InChI=1S/C16H14N4OS2/c1-17-9-10-14(13-7-4-8-22-13)19-20(15(10)21)16-18-11-5-2-3-6-12(11)23-16/h4-9,19H,2-3H2,1H3. The van der Waals surface area contributed by atoms with Gasteiger partial charge < -0.3 is 0 Å². The lowest BCUT2D eigenvalue weighted by atomic mass is 10.2. The Morgan fingerprint density at radius 1 is 1.39 bits per heavy atom. The minimum Gasteiger partial charge on any atom is -0.296 e. The van der Waals surface area contributed by atoms with Crippen LogP contribution >= 0.6 is 22.7 Å². The van der Waals surface area contributed by atoms with Gasteiger partial charge in [0.15, 0.2) is 0 Å². The highest BCUT2D eigenvalue weighted by Gasteiger charge is 2.17. The summed E-state index contributed by atoms with van der Waals surface area (Å²) in [5.41, 5.74) is 1.23. The van der Waals surface area contributed by atoms with Gasteiger partial charge in [0.25, 0.3) is 5.56 Å². The van der Waals surface area contributed by atoms with Crippen molar-refractivity contribution in [2.45, 2.75) is 12.8 Å². The molecule has 0 atom stereocenters. The Morgan fingerprint density at radius 3 is 3.00 bits per heavy atom. The number of rotatable bonds is 3. The third-order valence-corrected chi connectivity index (χ3v) is 5.59. The van der Waals surface area contributed by atoms with Gasteiger partial charge >= 0.3 is 0 Å². The predicted molar refractivity (Wildman–Crippen MR) is 96.3 cm³/mol. The van der Waals surface area contributed by atoms with Gasteiger partial charge in [0.1, 0.15) is 0 Å². The van der Waals surface area contributed by atoms with E-state index in [-0.39, 0.29) is 5.56 Å². The molecule has 0 saturated heterocycles. The summed E-state index contributed by atoms with van der Waals surface area (Å²) in [5.74, 6) is 0.